The van der Waals surface area contributed by atoms with E-state index in [1.54, 1.807) is 7.11 Å². The molecule has 4 heteroatoms. The molecular formula is C13H27NO3. The van der Waals surface area contributed by atoms with Gasteiger partial charge in [0.15, 0.2) is 0 Å². The van der Waals surface area contributed by atoms with Gasteiger partial charge in [-0.2, -0.15) is 0 Å². The molecule has 0 aromatic heterocycles. The number of ether oxygens (including phenoxy) is 2. The van der Waals surface area contributed by atoms with Gasteiger partial charge in [0.05, 0.1) is 25.9 Å². The van der Waals surface area contributed by atoms with Crippen LogP contribution in [0.3, 0.4) is 0 Å². The molecule has 0 amide bonds. The van der Waals surface area contributed by atoms with Gasteiger partial charge in [0.2, 0.25) is 0 Å². The Balaban J connectivity index is 2.13. The Hall–Kier alpha value is -0.160. The predicted molar refractivity (Wildman–Crippen MR) is 68.1 cm³/mol. The van der Waals surface area contributed by atoms with Crippen LogP contribution in [0.1, 0.15) is 26.7 Å². The predicted octanol–water partition coefficient (Wildman–Crippen LogP) is 1.13. The molecule has 1 rings (SSSR count). The SMILES string of the molecule is COCCOCC(O)CN(CC1CC1)C(C)C. The molecule has 1 aliphatic rings. The van der Waals surface area contributed by atoms with Crippen LogP contribution in [0.2, 0.25) is 0 Å². The summed E-state index contributed by atoms with van der Waals surface area (Å²) < 4.78 is 10.2. The van der Waals surface area contributed by atoms with Gasteiger partial charge in [-0.1, -0.05) is 0 Å². The van der Waals surface area contributed by atoms with E-state index in [-0.39, 0.29) is 0 Å². The topological polar surface area (TPSA) is 41.9 Å². The average Bonchev–Trinajstić information content (AvgIpc) is 3.07. The zero-order valence-corrected chi connectivity index (χ0v) is 11.4. The zero-order chi connectivity index (χ0) is 12.7. The molecular weight excluding hydrogens is 218 g/mol. The van der Waals surface area contributed by atoms with Gasteiger partial charge in [0.1, 0.15) is 0 Å². The maximum Gasteiger partial charge on any atom is 0.0900 e. The quantitative estimate of drug-likeness (QED) is 0.586. The van der Waals surface area contributed by atoms with Crippen LogP contribution in [0.15, 0.2) is 0 Å². The van der Waals surface area contributed by atoms with Gasteiger partial charge < -0.3 is 14.6 Å². The highest BCUT2D eigenvalue weighted by Gasteiger charge is 2.26. The van der Waals surface area contributed by atoms with Crippen LogP contribution in [0.25, 0.3) is 0 Å². The molecule has 0 saturated heterocycles. The van der Waals surface area contributed by atoms with Crippen molar-refractivity contribution in [3.63, 3.8) is 0 Å². The molecule has 102 valence electrons. The van der Waals surface area contributed by atoms with Gasteiger partial charge in [-0.3, -0.25) is 4.90 Å². The van der Waals surface area contributed by atoms with Crippen molar-refractivity contribution in [3.05, 3.63) is 0 Å². The van der Waals surface area contributed by atoms with Crippen molar-refractivity contribution < 1.29 is 14.6 Å². The third-order valence-corrected chi connectivity index (χ3v) is 3.11. The normalized spacial score (nSPS) is 18.0. The van der Waals surface area contributed by atoms with Crippen LogP contribution in [-0.2, 0) is 9.47 Å². The first-order valence-corrected chi connectivity index (χ1v) is 6.62. The molecule has 0 aromatic carbocycles. The van der Waals surface area contributed by atoms with Crippen LogP contribution in [0.5, 0.6) is 0 Å². The van der Waals surface area contributed by atoms with E-state index in [1.807, 2.05) is 0 Å². The molecule has 0 aliphatic heterocycles. The lowest BCUT2D eigenvalue weighted by molar-refractivity contribution is -0.00511. The summed E-state index contributed by atoms with van der Waals surface area (Å²) in [5.41, 5.74) is 0. The van der Waals surface area contributed by atoms with E-state index in [9.17, 15) is 5.11 Å². The van der Waals surface area contributed by atoms with Crippen LogP contribution in [-0.4, -0.2) is 62.2 Å². The number of hydrogen-bond donors (Lipinski definition) is 1. The first kappa shape index (κ1) is 14.9. The average molecular weight is 245 g/mol. The first-order valence-electron chi connectivity index (χ1n) is 6.62. The molecule has 4 nitrogen and oxygen atoms in total. The summed E-state index contributed by atoms with van der Waals surface area (Å²) in [6.07, 6.45) is 2.31. The van der Waals surface area contributed by atoms with Crippen molar-refractivity contribution in [1.82, 2.24) is 4.90 Å². The highest BCUT2D eigenvalue weighted by molar-refractivity contribution is 4.79. The second-order valence-electron chi connectivity index (χ2n) is 5.21. The number of hydrogen-bond acceptors (Lipinski definition) is 4. The van der Waals surface area contributed by atoms with Crippen molar-refractivity contribution in [2.24, 2.45) is 5.92 Å². The molecule has 1 aliphatic carbocycles. The molecule has 1 saturated carbocycles. The van der Waals surface area contributed by atoms with E-state index < -0.39 is 6.10 Å². The third kappa shape index (κ3) is 6.99. The number of aliphatic hydroxyl groups is 1. The molecule has 0 radical (unpaired) electrons. The minimum atomic E-state index is -0.395. The lowest BCUT2D eigenvalue weighted by atomic mass is 10.2. The first-order chi connectivity index (χ1) is 8.13. The van der Waals surface area contributed by atoms with Crippen molar-refractivity contribution >= 4 is 0 Å². The van der Waals surface area contributed by atoms with E-state index in [1.165, 1.54) is 12.8 Å². The summed E-state index contributed by atoms with van der Waals surface area (Å²) in [6, 6.07) is 0.490. The molecule has 17 heavy (non-hydrogen) atoms. The molecule has 0 spiro atoms. The van der Waals surface area contributed by atoms with Gasteiger partial charge in [-0.05, 0) is 32.6 Å². The second-order valence-corrected chi connectivity index (χ2v) is 5.21. The fraction of sp³-hybridized carbons (Fsp3) is 1.00. The van der Waals surface area contributed by atoms with Gasteiger partial charge >= 0.3 is 0 Å². The summed E-state index contributed by atoms with van der Waals surface area (Å²) in [6.45, 7) is 7.73. The highest BCUT2D eigenvalue weighted by Crippen LogP contribution is 2.30. The van der Waals surface area contributed by atoms with Crippen molar-refractivity contribution in [2.45, 2.75) is 38.8 Å². The van der Waals surface area contributed by atoms with Crippen LogP contribution >= 0.6 is 0 Å². The zero-order valence-electron chi connectivity index (χ0n) is 11.4. The van der Waals surface area contributed by atoms with Crippen LogP contribution in [0, 0.1) is 5.92 Å². The Morgan fingerprint density at radius 2 is 2.00 bits per heavy atom. The Kier molecular flexibility index (Phi) is 7.04. The second kappa shape index (κ2) is 8.03. The fourth-order valence-electron chi connectivity index (χ4n) is 1.81. The summed E-state index contributed by atoms with van der Waals surface area (Å²) in [5.74, 6) is 0.860. The molecule has 0 aromatic rings. The Morgan fingerprint density at radius 1 is 1.29 bits per heavy atom. The molecule has 1 fully saturated rings. The molecule has 1 atom stereocenters. The number of aliphatic hydroxyl groups excluding tert-OH is 1. The van der Waals surface area contributed by atoms with E-state index in [2.05, 4.69) is 18.7 Å². The van der Waals surface area contributed by atoms with E-state index >= 15 is 0 Å². The van der Waals surface area contributed by atoms with Gasteiger partial charge in [0.25, 0.3) is 0 Å². The highest BCUT2D eigenvalue weighted by atomic mass is 16.5. The van der Waals surface area contributed by atoms with Gasteiger partial charge in [-0.15, -0.1) is 0 Å². The van der Waals surface area contributed by atoms with Gasteiger partial charge in [0, 0.05) is 26.2 Å². The molecule has 1 unspecified atom stereocenters. The molecule has 0 bridgehead atoms. The minimum Gasteiger partial charge on any atom is -0.389 e. The third-order valence-electron chi connectivity index (χ3n) is 3.11. The van der Waals surface area contributed by atoms with Crippen molar-refractivity contribution in [1.29, 1.82) is 0 Å². The summed E-state index contributed by atoms with van der Waals surface area (Å²) in [7, 11) is 1.65. The molecule has 1 N–H and O–H groups in total. The number of methoxy groups -OCH3 is 1. The standard InChI is InChI=1S/C13H27NO3/c1-11(2)14(8-12-4-5-12)9-13(15)10-17-7-6-16-3/h11-13,15H,4-10H2,1-3H3. The smallest absolute Gasteiger partial charge is 0.0900 e. The van der Waals surface area contributed by atoms with E-state index in [0.29, 0.717) is 32.4 Å². The molecule has 0 heterocycles. The Labute approximate surface area is 105 Å². The minimum absolute atomic E-state index is 0.395. The summed E-state index contributed by atoms with van der Waals surface area (Å²) >= 11 is 0. The van der Waals surface area contributed by atoms with E-state index in [0.717, 1.165) is 12.5 Å². The van der Waals surface area contributed by atoms with Crippen LogP contribution < -0.4 is 0 Å². The van der Waals surface area contributed by atoms with Crippen molar-refractivity contribution in [3.8, 4) is 0 Å². The maximum atomic E-state index is 9.89. The lowest BCUT2D eigenvalue weighted by Gasteiger charge is -2.28. The van der Waals surface area contributed by atoms with E-state index in [4.69, 9.17) is 9.47 Å². The van der Waals surface area contributed by atoms with Crippen molar-refractivity contribution in [2.75, 3.05) is 40.0 Å². The van der Waals surface area contributed by atoms with Crippen LogP contribution in [0.4, 0.5) is 0 Å². The number of rotatable bonds is 10. The maximum absolute atomic E-state index is 9.89. The van der Waals surface area contributed by atoms with Gasteiger partial charge in [-0.25, -0.2) is 0 Å². The monoisotopic (exact) mass is 245 g/mol. The summed E-state index contributed by atoms with van der Waals surface area (Å²) in [4.78, 5) is 2.35. The summed E-state index contributed by atoms with van der Waals surface area (Å²) in [5, 5.41) is 9.89. The largest absolute Gasteiger partial charge is 0.389 e. The fourth-order valence-corrected chi connectivity index (χ4v) is 1.81. The lowest BCUT2D eigenvalue weighted by Crippen LogP contribution is -2.40. The Bertz CT molecular complexity index is 195. The number of nitrogens with zero attached hydrogens (tertiary/aromatic N) is 1. The Morgan fingerprint density at radius 3 is 2.53 bits per heavy atom.